The van der Waals surface area contributed by atoms with Gasteiger partial charge in [0.25, 0.3) is 5.91 Å². The van der Waals surface area contributed by atoms with Gasteiger partial charge in [0.2, 0.25) is 0 Å². The summed E-state index contributed by atoms with van der Waals surface area (Å²) in [5, 5.41) is 8.99. The Morgan fingerprint density at radius 2 is 1.83 bits per heavy atom. The van der Waals surface area contributed by atoms with Gasteiger partial charge in [0.15, 0.2) is 0 Å². The molecule has 122 valence electrons. The first-order chi connectivity index (χ1) is 11.8. The Morgan fingerprint density at radius 1 is 1.00 bits per heavy atom. The highest BCUT2D eigenvalue weighted by Crippen LogP contribution is 2.13. The van der Waals surface area contributed by atoms with E-state index >= 15 is 0 Å². The molecule has 3 rings (SSSR count). The largest absolute Gasteiger partial charge is 0.337 e. The Hall–Kier alpha value is -2.64. The minimum Gasteiger partial charge on any atom is -0.337 e. The van der Waals surface area contributed by atoms with Crippen LogP contribution in [0.1, 0.15) is 27.9 Å². The van der Waals surface area contributed by atoms with E-state index in [1.165, 1.54) is 5.56 Å². The van der Waals surface area contributed by atoms with Crippen LogP contribution in [0.3, 0.4) is 0 Å². The number of hydrogen-bond donors (Lipinski definition) is 0. The number of carbonyl (C=O) groups is 1. The molecule has 0 radical (unpaired) electrons. The number of carbonyl (C=O) groups excluding carboxylic acids is 1. The van der Waals surface area contributed by atoms with Gasteiger partial charge < -0.3 is 4.90 Å². The Kier molecular flexibility index (Phi) is 5.25. The van der Waals surface area contributed by atoms with Gasteiger partial charge in [0.1, 0.15) is 0 Å². The summed E-state index contributed by atoms with van der Waals surface area (Å²) < 4.78 is 0. The van der Waals surface area contributed by atoms with Crippen molar-refractivity contribution in [1.29, 1.82) is 5.26 Å². The average Bonchev–Trinajstić information content (AvgIpc) is 2.87. The molecule has 0 spiro atoms. The number of benzene rings is 2. The molecule has 0 aromatic heterocycles. The first-order valence-corrected chi connectivity index (χ1v) is 8.32. The van der Waals surface area contributed by atoms with Gasteiger partial charge in [-0.25, -0.2) is 0 Å². The molecule has 1 aliphatic heterocycles. The Labute approximate surface area is 142 Å². The molecule has 0 N–H and O–H groups in total. The summed E-state index contributed by atoms with van der Waals surface area (Å²) in [6, 6.07) is 19.5. The third-order valence-electron chi connectivity index (χ3n) is 4.36. The first kappa shape index (κ1) is 16.2. The van der Waals surface area contributed by atoms with Crippen molar-refractivity contribution >= 4 is 5.91 Å². The lowest BCUT2D eigenvalue weighted by Crippen LogP contribution is -2.35. The first-order valence-electron chi connectivity index (χ1n) is 8.32. The van der Waals surface area contributed by atoms with Crippen LogP contribution >= 0.6 is 0 Å². The van der Waals surface area contributed by atoms with Gasteiger partial charge in [0, 0.05) is 38.3 Å². The van der Waals surface area contributed by atoms with Crippen molar-refractivity contribution in [2.24, 2.45) is 0 Å². The number of nitriles is 1. The summed E-state index contributed by atoms with van der Waals surface area (Å²) in [5.41, 5.74) is 2.44. The number of nitrogens with zero attached hydrogens (tertiary/aromatic N) is 3. The second-order valence-corrected chi connectivity index (χ2v) is 6.10. The van der Waals surface area contributed by atoms with E-state index in [9.17, 15) is 4.79 Å². The fourth-order valence-corrected chi connectivity index (χ4v) is 3.08. The van der Waals surface area contributed by atoms with Crippen LogP contribution in [0.2, 0.25) is 0 Å². The summed E-state index contributed by atoms with van der Waals surface area (Å²) in [6.45, 7) is 4.28. The predicted octanol–water partition coefficient (Wildman–Crippen LogP) is 2.91. The molecule has 1 aliphatic rings. The lowest BCUT2D eigenvalue weighted by atomic mass is 10.1. The molecular weight excluding hydrogens is 298 g/mol. The summed E-state index contributed by atoms with van der Waals surface area (Å²) >= 11 is 0. The van der Waals surface area contributed by atoms with E-state index in [-0.39, 0.29) is 5.91 Å². The molecule has 0 aliphatic carbocycles. The van der Waals surface area contributed by atoms with E-state index in [1.54, 1.807) is 24.3 Å². The van der Waals surface area contributed by atoms with Crippen molar-refractivity contribution in [3.8, 4) is 6.07 Å². The van der Waals surface area contributed by atoms with Crippen LogP contribution in [-0.2, 0) is 6.54 Å². The number of hydrogen-bond acceptors (Lipinski definition) is 3. The maximum Gasteiger partial charge on any atom is 0.253 e. The molecule has 1 saturated heterocycles. The normalized spacial score (nSPS) is 15.5. The maximum absolute atomic E-state index is 12.7. The highest BCUT2D eigenvalue weighted by molar-refractivity contribution is 5.94. The quantitative estimate of drug-likeness (QED) is 0.874. The molecule has 1 amide bonds. The van der Waals surface area contributed by atoms with E-state index in [0.29, 0.717) is 11.1 Å². The Morgan fingerprint density at radius 3 is 2.62 bits per heavy atom. The zero-order valence-corrected chi connectivity index (χ0v) is 13.7. The van der Waals surface area contributed by atoms with Gasteiger partial charge >= 0.3 is 0 Å². The van der Waals surface area contributed by atoms with Gasteiger partial charge in [-0.05, 0) is 30.2 Å². The molecule has 0 bridgehead atoms. The molecule has 4 heteroatoms. The summed E-state index contributed by atoms with van der Waals surface area (Å²) in [4.78, 5) is 17.0. The van der Waals surface area contributed by atoms with Gasteiger partial charge in [-0.1, -0.05) is 36.4 Å². The average molecular weight is 319 g/mol. The van der Waals surface area contributed by atoms with Crippen LogP contribution in [0.5, 0.6) is 0 Å². The zero-order chi connectivity index (χ0) is 16.8. The highest BCUT2D eigenvalue weighted by Gasteiger charge is 2.20. The number of amides is 1. The molecule has 24 heavy (non-hydrogen) atoms. The number of rotatable bonds is 3. The molecule has 1 fully saturated rings. The van der Waals surface area contributed by atoms with Gasteiger partial charge in [-0.2, -0.15) is 5.26 Å². The van der Waals surface area contributed by atoms with Crippen molar-refractivity contribution in [2.75, 3.05) is 26.2 Å². The second kappa shape index (κ2) is 7.76. The van der Waals surface area contributed by atoms with Crippen molar-refractivity contribution < 1.29 is 4.79 Å². The zero-order valence-electron chi connectivity index (χ0n) is 13.7. The van der Waals surface area contributed by atoms with Crippen LogP contribution in [0.4, 0.5) is 0 Å². The van der Waals surface area contributed by atoms with E-state index in [2.05, 4.69) is 35.2 Å². The molecule has 4 nitrogen and oxygen atoms in total. The van der Waals surface area contributed by atoms with Crippen molar-refractivity contribution in [3.63, 3.8) is 0 Å². The SMILES string of the molecule is N#Cc1cccc(C(=O)N2CCCN(Cc3ccccc3)CC2)c1. The molecular formula is C20H21N3O. The molecule has 0 unspecified atom stereocenters. The standard InChI is InChI=1S/C20H21N3O/c21-15-18-8-4-9-19(14-18)20(24)23-11-5-10-22(12-13-23)16-17-6-2-1-3-7-17/h1-4,6-9,14H,5,10-13,16H2. The minimum atomic E-state index is 0.0219. The van der Waals surface area contributed by atoms with Crippen LogP contribution < -0.4 is 0 Å². The summed E-state index contributed by atoms with van der Waals surface area (Å²) in [5.74, 6) is 0.0219. The van der Waals surface area contributed by atoms with Gasteiger partial charge in [0.05, 0.1) is 11.6 Å². The van der Waals surface area contributed by atoms with Crippen LogP contribution in [-0.4, -0.2) is 41.9 Å². The van der Waals surface area contributed by atoms with E-state index in [1.807, 2.05) is 11.0 Å². The lowest BCUT2D eigenvalue weighted by molar-refractivity contribution is 0.0761. The van der Waals surface area contributed by atoms with E-state index < -0.39 is 0 Å². The van der Waals surface area contributed by atoms with Gasteiger partial charge in [-0.15, -0.1) is 0 Å². The third kappa shape index (κ3) is 4.01. The highest BCUT2D eigenvalue weighted by atomic mass is 16.2. The fraction of sp³-hybridized carbons (Fsp3) is 0.300. The van der Waals surface area contributed by atoms with Crippen LogP contribution in [0, 0.1) is 11.3 Å². The minimum absolute atomic E-state index is 0.0219. The molecule has 0 saturated carbocycles. The second-order valence-electron chi connectivity index (χ2n) is 6.10. The van der Waals surface area contributed by atoms with Crippen LogP contribution in [0.25, 0.3) is 0 Å². The fourth-order valence-electron chi connectivity index (χ4n) is 3.08. The molecule has 0 atom stereocenters. The van der Waals surface area contributed by atoms with Crippen LogP contribution in [0.15, 0.2) is 54.6 Å². The third-order valence-corrected chi connectivity index (χ3v) is 4.36. The summed E-state index contributed by atoms with van der Waals surface area (Å²) in [6.07, 6.45) is 0.969. The monoisotopic (exact) mass is 319 g/mol. The smallest absolute Gasteiger partial charge is 0.253 e. The van der Waals surface area contributed by atoms with Crippen molar-refractivity contribution in [2.45, 2.75) is 13.0 Å². The van der Waals surface area contributed by atoms with E-state index in [4.69, 9.17) is 5.26 Å². The molecule has 1 heterocycles. The Balaban J connectivity index is 1.62. The predicted molar refractivity (Wildman–Crippen MR) is 93.4 cm³/mol. The lowest BCUT2D eigenvalue weighted by Gasteiger charge is -2.22. The molecule has 2 aromatic carbocycles. The maximum atomic E-state index is 12.7. The van der Waals surface area contributed by atoms with Crippen molar-refractivity contribution in [3.05, 3.63) is 71.3 Å². The molecule has 2 aromatic rings. The topological polar surface area (TPSA) is 47.3 Å². The van der Waals surface area contributed by atoms with Gasteiger partial charge in [-0.3, -0.25) is 9.69 Å². The Bertz CT molecular complexity index is 736. The van der Waals surface area contributed by atoms with Crippen molar-refractivity contribution in [1.82, 2.24) is 9.80 Å². The summed E-state index contributed by atoms with van der Waals surface area (Å²) in [7, 11) is 0. The van der Waals surface area contributed by atoms with E-state index in [0.717, 1.165) is 39.1 Å².